The van der Waals surface area contributed by atoms with Crippen LogP contribution in [0.15, 0.2) is 60.7 Å². The topological polar surface area (TPSA) is 0 Å². The van der Waals surface area contributed by atoms with Gasteiger partial charge in [0.1, 0.15) is 0 Å². The van der Waals surface area contributed by atoms with Crippen LogP contribution in [0, 0.1) is 13.0 Å². The summed E-state index contributed by atoms with van der Waals surface area (Å²) in [6, 6.07) is 22.8. The fraction of sp³-hybridized carbons (Fsp3) is 0.294. The summed E-state index contributed by atoms with van der Waals surface area (Å²) in [5.74, 6) is 0. The minimum absolute atomic E-state index is 0. The first-order valence-electron chi connectivity index (χ1n) is 6.32. The molecule has 0 spiro atoms. The molecule has 0 atom stereocenters. The first-order valence-corrected chi connectivity index (χ1v) is 6.32. The van der Waals surface area contributed by atoms with E-state index in [9.17, 15) is 0 Å². The van der Waals surface area contributed by atoms with Gasteiger partial charge < -0.3 is 0 Å². The molecule has 18 heavy (non-hydrogen) atoms. The minimum atomic E-state index is 0. The Labute approximate surface area is 139 Å². The van der Waals surface area contributed by atoms with Gasteiger partial charge >= 0.3 is 0 Å². The third-order valence-corrected chi connectivity index (χ3v) is 1.55. The van der Waals surface area contributed by atoms with Crippen molar-refractivity contribution in [3.05, 3.63) is 72.3 Å². The Bertz CT molecular complexity index is 276. The molecule has 0 aromatic heterocycles. The van der Waals surface area contributed by atoms with Crippen molar-refractivity contribution in [1.82, 2.24) is 0 Å². The summed E-state index contributed by atoms with van der Waals surface area (Å²) in [6.07, 6.45) is 0. The molecule has 2 aromatic carbocycles. The fourth-order valence-electron chi connectivity index (χ4n) is 0.876. The zero-order valence-corrected chi connectivity index (χ0v) is 15.2. The molecule has 0 bridgehead atoms. The average Bonchev–Trinajstić information content (AvgIpc) is 2.47. The van der Waals surface area contributed by atoms with Gasteiger partial charge in [-0.05, 0) is 6.92 Å². The predicted octanol–water partition coefficient (Wildman–Crippen LogP) is 5.53. The van der Waals surface area contributed by atoms with Gasteiger partial charge in [-0.1, -0.05) is 63.6 Å². The Morgan fingerprint density at radius 2 is 1.06 bits per heavy atom. The third kappa shape index (κ3) is 17.9. The van der Waals surface area contributed by atoms with Crippen LogP contribution in [0.4, 0.5) is 0 Å². The van der Waals surface area contributed by atoms with Crippen molar-refractivity contribution in [3.63, 3.8) is 0 Å². The van der Waals surface area contributed by atoms with Crippen LogP contribution >= 0.6 is 0 Å². The van der Waals surface area contributed by atoms with E-state index in [1.165, 1.54) is 5.56 Å². The molecule has 0 saturated carbocycles. The van der Waals surface area contributed by atoms with Crippen LogP contribution in [0.25, 0.3) is 0 Å². The second-order valence-corrected chi connectivity index (χ2v) is 2.73. The van der Waals surface area contributed by atoms with Gasteiger partial charge in [0.2, 0.25) is 0 Å². The molecule has 2 rings (SSSR count). The van der Waals surface area contributed by atoms with Gasteiger partial charge in [-0.15, -0.1) is 0 Å². The zero-order chi connectivity index (χ0) is 13.4. The SMILES string of the molecule is CC.CC.Cc1ccccc1.[Y].[c-]1ccccc1. The van der Waals surface area contributed by atoms with Crippen LogP contribution in [-0.4, -0.2) is 0 Å². The summed E-state index contributed by atoms with van der Waals surface area (Å²) in [7, 11) is 0. The Morgan fingerprint density at radius 1 is 0.667 bits per heavy atom. The molecule has 1 radical (unpaired) electrons. The van der Waals surface area contributed by atoms with Gasteiger partial charge in [0.25, 0.3) is 0 Å². The quantitative estimate of drug-likeness (QED) is 0.560. The summed E-state index contributed by atoms with van der Waals surface area (Å²) < 4.78 is 0. The van der Waals surface area contributed by atoms with E-state index in [0.717, 1.165) is 0 Å². The summed E-state index contributed by atoms with van der Waals surface area (Å²) in [5, 5.41) is 0. The maximum absolute atomic E-state index is 2.89. The molecule has 0 N–H and O–H groups in total. The van der Waals surface area contributed by atoms with Crippen LogP contribution in [0.2, 0.25) is 0 Å². The molecule has 0 amide bonds. The Morgan fingerprint density at radius 3 is 1.22 bits per heavy atom. The van der Waals surface area contributed by atoms with E-state index in [0.29, 0.717) is 0 Å². The standard InChI is InChI=1S/C7H8.C6H5.2C2H6.Y/c1-7-5-3-2-4-6-7;1-2-4-6-5-3-1;2*1-2;/h2-6H,1H3;1-5H;2*1-2H3;/q;-1;;;. The van der Waals surface area contributed by atoms with E-state index in [1.54, 1.807) is 0 Å². The van der Waals surface area contributed by atoms with E-state index in [-0.39, 0.29) is 32.7 Å². The largest absolute Gasteiger partial charge is 0.184 e. The smallest absolute Gasteiger partial charge is 0 e. The van der Waals surface area contributed by atoms with Gasteiger partial charge in [-0.25, -0.2) is 0 Å². The summed E-state index contributed by atoms with van der Waals surface area (Å²) >= 11 is 0. The van der Waals surface area contributed by atoms with Crippen LogP contribution in [0.3, 0.4) is 0 Å². The van der Waals surface area contributed by atoms with E-state index in [1.807, 2.05) is 76.2 Å². The van der Waals surface area contributed by atoms with Crippen molar-refractivity contribution in [2.75, 3.05) is 0 Å². The first-order chi connectivity index (χ1) is 8.39. The molecule has 2 aromatic rings. The minimum Gasteiger partial charge on any atom is -0.184 e. The molecule has 0 nitrogen and oxygen atoms in total. The second-order valence-electron chi connectivity index (χ2n) is 2.73. The molecule has 0 heterocycles. The van der Waals surface area contributed by atoms with Gasteiger partial charge in [0.15, 0.2) is 0 Å². The van der Waals surface area contributed by atoms with Crippen molar-refractivity contribution < 1.29 is 32.7 Å². The summed E-state index contributed by atoms with van der Waals surface area (Å²) in [5.41, 5.74) is 1.32. The molecular weight excluding hydrogens is 293 g/mol. The summed E-state index contributed by atoms with van der Waals surface area (Å²) in [4.78, 5) is 0. The molecule has 0 unspecified atom stereocenters. The van der Waals surface area contributed by atoms with Gasteiger partial charge in [-0.2, -0.15) is 36.4 Å². The third-order valence-electron chi connectivity index (χ3n) is 1.55. The Kier molecular flexibility index (Phi) is 27.5. The van der Waals surface area contributed by atoms with Gasteiger partial charge in [0.05, 0.1) is 0 Å². The van der Waals surface area contributed by atoms with Gasteiger partial charge in [0, 0.05) is 32.7 Å². The predicted molar refractivity (Wildman–Crippen MR) is 79.2 cm³/mol. The van der Waals surface area contributed by atoms with Crippen LogP contribution in [-0.2, 0) is 32.7 Å². The van der Waals surface area contributed by atoms with Crippen LogP contribution in [0.5, 0.6) is 0 Å². The molecule has 0 aliphatic heterocycles. The molecular formula is C17H25Y-. The normalized spacial score (nSPS) is 6.72. The zero-order valence-electron chi connectivity index (χ0n) is 12.4. The number of rotatable bonds is 0. The van der Waals surface area contributed by atoms with Crippen LogP contribution < -0.4 is 0 Å². The summed E-state index contributed by atoms with van der Waals surface area (Å²) in [6.45, 7) is 10.1. The molecule has 0 saturated heterocycles. The van der Waals surface area contributed by atoms with E-state index in [4.69, 9.17) is 0 Å². The molecule has 1 heteroatoms. The number of benzene rings is 2. The van der Waals surface area contributed by atoms with E-state index in [2.05, 4.69) is 25.1 Å². The number of hydrogen-bond acceptors (Lipinski definition) is 0. The monoisotopic (exact) mass is 318 g/mol. The molecule has 0 aliphatic carbocycles. The van der Waals surface area contributed by atoms with Crippen molar-refractivity contribution >= 4 is 0 Å². The van der Waals surface area contributed by atoms with Crippen molar-refractivity contribution in [3.8, 4) is 0 Å². The molecule has 0 fully saturated rings. The van der Waals surface area contributed by atoms with Crippen molar-refractivity contribution in [1.29, 1.82) is 0 Å². The van der Waals surface area contributed by atoms with E-state index < -0.39 is 0 Å². The number of aryl methyl sites for hydroxylation is 1. The van der Waals surface area contributed by atoms with Crippen molar-refractivity contribution in [2.24, 2.45) is 0 Å². The van der Waals surface area contributed by atoms with E-state index >= 15 is 0 Å². The van der Waals surface area contributed by atoms with Gasteiger partial charge in [-0.3, -0.25) is 0 Å². The Balaban J connectivity index is -0.000000189. The van der Waals surface area contributed by atoms with Crippen LogP contribution in [0.1, 0.15) is 33.3 Å². The Hall–Kier alpha value is -0.456. The average molecular weight is 318 g/mol. The molecule has 0 aliphatic rings. The maximum Gasteiger partial charge on any atom is 0 e. The maximum atomic E-state index is 2.89. The molecule has 97 valence electrons. The fourth-order valence-corrected chi connectivity index (χ4v) is 0.876. The number of hydrogen-bond donors (Lipinski definition) is 0. The van der Waals surface area contributed by atoms with Crippen molar-refractivity contribution in [2.45, 2.75) is 34.6 Å². The first kappa shape index (κ1) is 22.7. The second kappa shape index (κ2) is 21.8.